The second-order valence-electron chi connectivity index (χ2n) is 6.70. The molecule has 0 radical (unpaired) electrons. The summed E-state index contributed by atoms with van der Waals surface area (Å²) in [4.78, 5) is 6.62. The lowest BCUT2D eigenvalue weighted by Crippen LogP contribution is -2.19. The summed E-state index contributed by atoms with van der Waals surface area (Å²) in [5.74, 6) is 0.842. The van der Waals surface area contributed by atoms with Crippen molar-refractivity contribution in [3.05, 3.63) is 73.2 Å². The van der Waals surface area contributed by atoms with Crippen molar-refractivity contribution in [1.82, 2.24) is 19.7 Å². The fraction of sp³-hybridized carbons (Fsp3) is 0.182. The molecule has 136 valence electrons. The fourth-order valence-electron chi connectivity index (χ4n) is 3.00. The van der Waals surface area contributed by atoms with Gasteiger partial charge in [-0.2, -0.15) is 5.10 Å². The van der Waals surface area contributed by atoms with Crippen LogP contribution < -0.4 is 4.74 Å². The van der Waals surface area contributed by atoms with E-state index in [1.807, 2.05) is 85.9 Å². The van der Waals surface area contributed by atoms with Gasteiger partial charge < -0.3 is 9.64 Å². The topological polar surface area (TPSA) is 43.2 Å². The van der Waals surface area contributed by atoms with Crippen molar-refractivity contribution in [2.24, 2.45) is 0 Å². The van der Waals surface area contributed by atoms with Crippen LogP contribution in [0.2, 0.25) is 0 Å². The van der Waals surface area contributed by atoms with E-state index in [1.165, 1.54) is 0 Å². The van der Waals surface area contributed by atoms with Gasteiger partial charge in [0.2, 0.25) is 0 Å². The number of benzene rings is 2. The van der Waals surface area contributed by atoms with Crippen LogP contribution in [0.25, 0.3) is 27.7 Å². The van der Waals surface area contributed by atoms with Gasteiger partial charge in [-0.15, -0.1) is 0 Å². The largest absolute Gasteiger partial charge is 0.492 e. The first-order valence-corrected chi connectivity index (χ1v) is 8.97. The van der Waals surface area contributed by atoms with E-state index in [4.69, 9.17) is 4.74 Å². The summed E-state index contributed by atoms with van der Waals surface area (Å²) in [6, 6.07) is 18.2. The molecule has 2 aromatic carbocycles. The van der Waals surface area contributed by atoms with Crippen LogP contribution in [0.15, 0.2) is 73.2 Å². The van der Waals surface area contributed by atoms with Crippen LogP contribution in [0.3, 0.4) is 0 Å². The van der Waals surface area contributed by atoms with Crippen LogP contribution in [-0.2, 0) is 0 Å². The summed E-state index contributed by atoms with van der Waals surface area (Å²) in [7, 11) is 4.07. The highest BCUT2D eigenvalue weighted by Gasteiger charge is 2.09. The molecule has 0 atom stereocenters. The Morgan fingerprint density at radius 2 is 1.89 bits per heavy atom. The van der Waals surface area contributed by atoms with Gasteiger partial charge in [-0.05, 0) is 50.0 Å². The first-order valence-electron chi connectivity index (χ1n) is 8.97. The van der Waals surface area contributed by atoms with E-state index in [2.05, 4.69) is 21.0 Å². The molecule has 4 rings (SSSR count). The van der Waals surface area contributed by atoms with Crippen molar-refractivity contribution in [3.63, 3.8) is 0 Å². The van der Waals surface area contributed by atoms with Crippen LogP contribution in [0, 0.1) is 0 Å². The minimum atomic E-state index is 0.655. The summed E-state index contributed by atoms with van der Waals surface area (Å²) in [5.41, 5.74) is 4.13. The summed E-state index contributed by atoms with van der Waals surface area (Å²) < 4.78 is 7.72. The predicted molar refractivity (Wildman–Crippen MR) is 108 cm³/mol. The Hall–Kier alpha value is -3.18. The van der Waals surface area contributed by atoms with Crippen LogP contribution in [-0.4, -0.2) is 46.9 Å². The maximum atomic E-state index is 5.83. The Bertz CT molecular complexity index is 1040. The Labute approximate surface area is 158 Å². The van der Waals surface area contributed by atoms with Crippen molar-refractivity contribution >= 4 is 10.9 Å². The molecule has 0 amide bonds. The second kappa shape index (κ2) is 7.60. The summed E-state index contributed by atoms with van der Waals surface area (Å²) in [6.45, 7) is 1.53. The summed E-state index contributed by atoms with van der Waals surface area (Å²) in [5, 5.41) is 5.60. The Morgan fingerprint density at radius 3 is 2.70 bits per heavy atom. The minimum absolute atomic E-state index is 0.655. The van der Waals surface area contributed by atoms with Crippen molar-refractivity contribution in [2.75, 3.05) is 27.2 Å². The van der Waals surface area contributed by atoms with E-state index in [-0.39, 0.29) is 0 Å². The van der Waals surface area contributed by atoms with Crippen molar-refractivity contribution in [2.45, 2.75) is 0 Å². The molecule has 5 nitrogen and oxygen atoms in total. The van der Waals surface area contributed by atoms with Gasteiger partial charge in [0.05, 0.1) is 17.4 Å². The van der Waals surface area contributed by atoms with Crippen molar-refractivity contribution in [1.29, 1.82) is 0 Å². The molecule has 27 heavy (non-hydrogen) atoms. The number of likely N-dealkylation sites (N-methyl/N-ethyl adjacent to an activating group) is 1. The van der Waals surface area contributed by atoms with Crippen molar-refractivity contribution in [3.8, 4) is 22.6 Å². The molecule has 0 aliphatic carbocycles. The first-order chi connectivity index (χ1) is 13.2. The molecular weight excluding hydrogens is 336 g/mol. The van der Waals surface area contributed by atoms with Gasteiger partial charge in [0.15, 0.2) is 0 Å². The molecule has 0 bridgehead atoms. The van der Waals surface area contributed by atoms with E-state index in [0.29, 0.717) is 6.61 Å². The number of rotatable bonds is 6. The van der Waals surface area contributed by atoms with Gasteiger partial charge in [0.25, 0.3) is 0 Å². The van der Waals surface area contributed by atoms with E-state index in [9.17, 15) is 0 Å². The molecule has 0 saturated carbocycles. The molecule has 0 N–H and O–H groups in total. The number of para-hydroxylation sites is 1. The Morgan fingerprint density at radius 1 is 1.04 bits per heavy atom. The summed E-state index contributed by atoms with van der Waals surface area (Å²) in [6.07, 6.45) is 5.77. The average Bonchev–Trinajstić information content (AvgIpc) is 3.18. The molecule has 0 aliphatic rings. The number of hydrogen-bond donors (Lipinski definition) is 0. The number of hydrogen-bond acceptors (Lipinski definition) is 4. The zero-order valence-electron chi connectivity index (χ0n) is 15.5. The third-order valence-electron chi connectivity index (χ3n) is 4.44. The molecule has 0 aliphatic heterocycles. The lowest BCUT2D eigenvalue weighted by molar-refractivity contribution is 0.261. The van der Waals surface area contributed by atoms with Gasteiger partial charge in [-0.25, -0.2) is 4.68 Å². The maximum absolute atomic E-state index is 5.83. The number of nitrogens with zero attached hydrogens (tertiary/aromatic N) is 4. The van der Waals surface area contributed by atoms with E-state index < -0.39 is 0 Å². The van der Waals surface area contributed by atoms with Crippen LogP contribution in [0.4, 0.5) is 0 Å². The smallest absolute Gasteiger partial charge is 0.121 e. The Kier molecular flexibility index (Phi) is 4.85. The van der Waals surface area contributed by atoms with Gasteiger partial charge in [0, 0.05) is 36.0 Å². The number of pyridine rings is 1. The van der Waals surface area contributed by atoms with Crippen LogP contribution in [0.1, 0.15) is 0 Å². The molecule has 0 fully saturated rings. The average molecular weight is 358 g/mol. The zero-order valence-corrected chi connectivity index (χ0v) is 15.5. The lowest BCUT2D eigenvalue weighted by Gasteiger charge is -2.12. The zero-order chi connectivity index (χ0) is 18.6. The number of aromatic nitrogens is 3. The summed E-state index contributed by atoms with van der Waals surface area (Å²) >= 11 is 0. The molecule has 0 unspecified atom stereocenters. The fourth-order valence-corrected chi connectivity index (χ4v) is 3.00. The highest BCUT2D eigenvalue weighted by atomic mass is 16.5. The second-order valence-corrected chi connectivity index (χ2v) is 6.70. The van der Waals surface area contributed by atoms with Gasteiger partial charge in [-0.1, -0.05) is 18.2 Å². The third kappa shape index (κ3) is 3.83. The molecular formula is C22H22N4O. The monoisotopic (exact) mass is 358 g/mol. The van der Waals surface area contributed by atoms with E-state index in [1.54, 1.807) is 0 Å². The first kappa shape index (κ1) is 17.2. The quantitative estimate of drug-likeness (QED) is 0.522. The maximum Gasteiger partial charge on any atom is 0.121 e. The van der Waals surface area contributed by atoms with Crippen molar-refractivity contribution < 1.29 is 4.74 Å². The molecule has 0 saturated heterocycles. The van der Waals surface area contributed by atoms with E-state index >= 15 is 0 Å². The molecule has 5 heteroatoms. The SMILES string of the molecule is CN(C)CCOc1ccc2c(-c3cnn(-c4ccccc4)c3)ccnc2c1. The highest BCUT2D eigenvalue weighted by Crippen LogP contribution is 2.29. The van der Waals surface area contributed by atoms with Gasteiger partial charge >= 0.3 is 0 Å². The Balaban J connectivity index is 1.64. The van der Waals surface area contributed by atoms with Gasteiger partial charge in [-0.3, -0.25) is 4.98 Å². The number of fused-ring (bicyclic) bond motifs is 1. The normalized spacial score (nSPS) is 11.2. The molecule has 2 aromatic heterocycles. The van der Waals surface area contributed by atoms with Crippen LogP contribution in [0.5, 0.6) is 5.75 Å². The molecule has 2 heterocycles. The standard InChI is InChI=1S/C22H22N4O/c1-25(2)12-13-27-19-8-9-21-20(10-11-23-22(21)14-19)17-15-24-26(16-17)18-6-4-3-5-7-18/h3-11,14-16H,12-13H2,1-2H3. The van der Waals surface area contributed by atoms with Gasteiger partial charge in [0.1, 0.15) is 12.4 Å². The lowest BCUT2D eigenvalue weighted by atomic mass is 10.0. The predicted octanol–water partition coefficient (Wildman–Crippen LogP) is 4.03. The third-order valence-corrected chi connectivity index (χ3v) is 4.44. The highest BCUT2D eigenvalue weighted by molar-refractivity contribution is 5.94. The molecule has 4 aromatic rings. The number of ether oxygens (including phenoxy) is 1. The minimum Gasteiger partial charge on any atom is -0.492 e. The van der Waals surface area contributed by atoms with Crippen LogP contribution >= 0.6 is 0 Å². The molecule has 0 spiro atoms. The van der Waals surface area contributed by atoms with E-state index in [0.717, 1.165) is 40.0 Å².